The molecule has 1 saturated heterocycles. The van der Waals surface area contributed by atoms with Gasteiger partial charge in [-0.25, -0.2) is 4.79 Å². The molecule has 0 spiro atoms. The molecule has 4 rings (SSSR count). The first kappa shape index (κ1) is 16.2. The number of rotatable bonds is 3. The van der Waals surface area contributed by atoms with Crippen LogP contribution in [0.15, 0.2) is 54.6 Å². The molecule has 1 aliphatic heterocycles. The molecule has 8 nitrogen and oxygen atoms in total. The third kappa shape index (κ3) is 3.40. The second-order valence-corrected chi connectivity index (χ2v) is 5.92. The molecule has 1 aromatic heterocycles. The predicted molar refractivity (Wildman–Crippen MR) is 95.3 cm³/mol. The number of nitrogens with zero attached hydrogens (tertiary/aromatic N) is 4. The highest BCUT2D eigenvalue weighted by Gasteiger charge is 2.28. The standard InChI is InChI=1S/C18H18N6O2/c25-18(24-10-11-26-16(12-24)17-20-22-23-21-17)19-15-9-5-4-8-14(15)13-6-2-1-3-7-13/h1-9,16H,10-12H2,(H,19,25)(H,20,21,22,23). The summed E-state index contributed by atoms with van der Waals surface area (Å²) in [6, 6.07) is 17.5. The van der Waals surface area contributed by atoms with Crippen LogP contribution < -0.4 is 5.32 Å². The van der Waals surface area contributed by atoms with E-state index in [4.69, 9.17) is 4.74 Å². The van der Waals surface area contributed by atoms with E-state index in [1.54, 1.807) is 4.90 Å². The number of amides is 2. The molecule has 2 amide bonds. The number of aromatic nitrogens is 4. The monoisotopic (exact) mass is 350 g/mol. The Kier molecular flexibility index (Phi) is 4.57. The Bertz CT molecular complexity index is 868. The van der Waals surface area contributed by atoms with Crippen LogP contribution in [0.4, 0.5) is 10.5 Å². The molecule has 0 saturated carbocycles. The highest BCUT2D eigenvalue weighted by Crippen LogP contribution is 2.28. The zero-order valence-electron chi connectivity index (χ0n) is 14.0. The van der Waals surface area contributed by atoms with Gasteiger partial charge in [-0.05, 0) is 11.6 Å². The highest BCUT2D eigenvalue weighted by atomic mass is 16.5. The first-order chi connectivity index (χ1) is 12.8. The Balaban J connectivity index is 1.50. The van der Waals surface area contributed by atoms with Crippen LogP contribution >= 0.6 is 0 Å². The molecule has 8 heteroatoms. The fourth-order valence-electron chi connectivity index (χ4n) is 2.95. The number of H-pyrrole nitrogens is 1. The summed E-state index contributed by atoms with van der Waals surface area (Å²) in [6.07, 6.45) is -0.377. The molecule has 26 heavy (non-hydrogen) atoms. The topological polar surface area (TPSA) is 96.0 Å². The van der Waals surface area contributed by atoms with Gasteiger partial charge in [-0.3, -0.25) is 0 Å². The fourth-order valence-corrected chi connectivity index (χ4v) is 2.95. The summed E-state index contributed by atoms with van der Waals surface area (Å²) in [6.45, 7) is 1.31. The smallest absolute Gasteiger partial charge is 0.322 e. The van der Waals surface area contributed by atoms with Crippen molar-refractivity contribution in [2.24, 2.45) is 0 Å². The Morgan fingerprint density at radius 2 is 1.96 bits per heavy atom. The van der Waals surface area contributed by atoms with Crippen molar-refractivity contribution in [3.05, 3.63) is 60.4 Å². The summed E-state index contributed by atoms with van der Waals surface area (Å²) in [7, 11) is 0. The predicted octanol–water partition coefficient (Wildman–Crippen LogP) is 2.47. The summed E-state index contributed by atoms with van der Waals surface area (Å²) >= 11 is 0. The van der Waals surface area contributed by atoms with Crippen LogP contribution in [0, 0.1) is 0 Å². The van der Waals surface area contributed by atoms with Gasteiger partial charge in [0.05, 0.1) is 18.8 Å². The molecule has 0 aliphatic carbocycles. The average Bonchev–Trinajstić information content (AvgIpc) is 3.24. The minimum atomic E-state index is -0.377. The van der Waals surface area contributed by atoms with Gasteiger partial charge in [-0.2, -0.15) is 5.21 Å². The second kappa shape index (κ2) is 7.32. The summed E-state index contributed by atoms with van der Waals surface area (Å²) in [5, 5.41) is 16.8. The molecular weight excluding hydrogens is 332 g/mol. The molecule has 1 fully saturated rings. The Morgan fingerprint density at radius 1 is 1.15 bits per heavy atom. The highest BCUT2D eigenvalue weighted by molar-refractivity contribution is 5.94. The third-order valence-corrected chi connectivity index (χ3v) is 4.26. The van der Waals surface area contributed by atoms with Crippen molar-refractivity contribution in [2.75, 3.05) is 25.0 Å². The Hall–Kier alpha value is -3.26. The number of anilines is 1. The number of ether oxygens (including phenoxy) is 1. The number of para-hydroxylation sites is 1. The lowest BCUT2D eigenvalue weighted by Gasteiger charge is -2.31. The number of urea groups is 1. The van der Waals surface area contributed by atoms with E-state index in [9.17, 15) is 4.79 Å². The number of hydrogen-bond donors (Lipinski definition) is 2. The van der Waals surface area contributed by atoms with E-state index in [0.717, 1.165) is 16.8 Å². The fraction of sp³-hybridized carbons (Fsp3) is 0.222. The number of morpholine rings is 1. The molecule has 2 aromatic carbocycles. The number of nitrogens with one attached hydrogen (secondary N) is 2. The van der Waals surface area contributed by atoms with Crippen molar-refractivity contribution >= 4 is 11.7 Å². The molecule has 2 N–H and O–H groups in total. The van der Waals surface area contributed by atoms with E-state index >= 15 is 0 Å². The van der Waals surface area contributed by atoms with Crippen molar-refractivity contribution in [1.82, 2.24) is 25.5 Å². The van der Waals surface area contributed by atoms with Crippen LogP contribution in [0.3, 0.4) is 0 Å². The third-order valence-electron chi connectivity index (χ3n) is 4.26. The maximum absolute atomic E-state index is 12.8. The van der Waals surface area contributed by atoms with Crippen molar-refractivity contribution in [3.8, 4) is 11.1 Å². The van der Waals surface area contributed by atoms with Gasteiger partial charge in [-0.1, -0.05) is 53.7 Å². The molecule has 1 unspecified atom stereocenters. The van der Waals surface area contributed by atoms with E-state index in [2.05, 4.69) is 25.9 Å². The van der Waals surface area contributed by atoms with E-state index in [1.165, 1.54) is 0 Å². The largest absolute Gasteiger partial charge is 0.366 e. The first-order valence-corrected chi connectivity index (χ1v) is 8.36. The van der Waals surface area contributed by atoms with Crippen LogP contribution in [0.1, 0.15) is 11.9 Å². The normalized spacial score (nSPS) is 17.1. The van der Waals surface area contributed by atoms with Gasteiger partial charge in [0.15, 0.2) is 0 Å². The first-order valence-electron chi connectivity index (χ1n) is 8.36. The van der Waals surface area contributed by atoms with Crippen LogP contribution in [-0.2, 0) is 4.74 Å². The number of hydrogen-bond acceptors (Lipinski definition) is 5. The maximum atomic E-state index is 12.8. The maximum Gasteiger partial charge on any atom is 0.322 e. The Labute approximate surface area is 150 Å². The van der Waals surface area contributed by atoms with Crippen molar-refractivity contribution < 1.29 is 9.53 Å². The molecular formula is C18H18N6O2. The molecule has 132 valence electrons. The van der Waals surface area contributed by atoms with Gasteiger partial charge in [0.25, 0.3) is 0 Å². The lowest BCUT2D eigenvalue weighted by atomic mass is 10.0. The number of aromatic amines is 1. The molecule has 0 radical (unpaired) electrons. The molecule has 1 atom stereocenters. The van der Waals surface area contributed by atoms with Crippen LogP contribution in [0.5, 0.6) is 0 Å². The van der Waals surface area contributed by atoms with Crippen molar-refractivity contribution in [1.29, 1.82) is 0 Å². The van der Waals surface area contributed by atoms with E-state index in [-0.39, 0.29) is 12.1 Å². The van der Waals surface area contributed by atoms with Gasteiger partial charge in [-0.15, -0.1) is 10.2 Å². The van der Waals surface area contributed by atoms with Gasteiger partial charge in [0.2, 0.25) is 5.82 Å². The lowest BCUT2D eigenvalue weighted by molar-refractivity contribution is -0.0181. The van der Waals surface area contributed by atoms with Crippen LogP contribution in [0.2, 0.25) is 0 Å². The summed E-state index contributed by atoms with van der Waals surface area (Å²) in [5.74, 6) is 0.451. The average molecular weight is 350 g/mol. The summed E-state index contributed by atoms with van der Waals surface area (Å²) in [4.78, 5) is 14.5. The number of tetrazole rings is 1. The van der Waals surface area contributed by atoms with E-state index in [1.807, 2.05) is 54.6 Å². The SMILES string of the molecule is O=C(Nc1ccccc1-c1ccccc1)N1CCOC(c2nn[nH]n2)C1. The molecule has 0 bridgehead atoms. The molecule has 2 heterocycles. The molecule has 3 aromatic rings. The lowest BCUT2D eigenvalue weighted by Crippen LogP contribution is -2.44. The summed E-state index contributed by atoms with van der Waals surface area (Å²) in [5.41, 5.74) is 2.80. The minimum Gasteiger partial charge on any atom is -0.366 e. The minimum absolute atomic E-state index is 0.176. The van der Waals surface area contributed by atoms with Crippen LogP contribution in [-0.4, -0.2) is 51.3 Å². The summed E-state index contributed by atoms with van der Waals surface area (Å²) < 4.78 is 5.64. The quantitative estimate of drug-likeness (QED) is 0.756. The van der Waals surface area contributed by atoms with Crippen molar-refractivity contribution in [3.63, 3.8) is 0 Å². The number of carbonyl (C=O) groups excluding carboxylic acids is 1. The van der Waals surface area contributed by atoms with E-state index < -0.39 is 0 Å². The van der Waals surface area contributed by atoms with Gasteiger partial charge in [0, 0.05) is 12.1 Å². The van der Waals surface area contributed by atoms with Crippen LogP contribution in [0.25, 0.3) is 11.1 Å². The Morgan fingerprint density at radius 3 is 2.77 bits per heavy atom. The number of carbonyl (C=O) groups is 1. The van der Waals surface area contributed by atoms with Gasteiger partial charge < -0.3 is 15.0 Å². The zero-order chi connectivity index (χ0) is 17.8. The zero-order valence-corrected chi connectivity index (χ0v) is 14.0. The van der Waals surface area contributed by atoms with Gasteiger partial charge >= 0.3 is 6.03 Å². The van der Waals surface area contributed by atoms with Crippen molar-refractivity contribution in [2.45, 2.75) is 6.10 Å². The van der Waals surface area contributed by atoms with E-state index in [0.29, 0.717) is 25.5 Å². The number of benzene rings is 2. The van der Waals surface area contributed by atoms with Gasteiger partial charge in [0.1, 0.15) is 6.10 Å². The second-order valence-electron chi connectivity index (χ2n) is 5.92. The molecule has 1 aliphatic rings.